The highest BCUT2D eigenvalue weighted by molar-refractivity contribution is 7.89. The van der Waals surface area contributed by atoms with Crippen molar-refractivity contribution in [2.45, 2.75) is 57.3 Å². The highest BCUT2D eigenvalue weighted by Gasteiger charge is 2.30. The zero-order chi connectivity index (χ0) is 31.8. The zero-order valence-electron chi connectivity index (χ0n) is 25.8. The molecule has 0 bridgehead atoms. The molecule has 0 radical (unpaired) electrons. The van der Waals surface area contributed by atoms with Gasteiger partial charge in [0.2, 0.25) is 10.0 Å². The van der Waals surface area contributed by atoms with Gasteiger partial charge in [-0.15, -0.1) is 0 Å². The number of amides is 2. The van der Waals surface area contributed by atoms with E-state index in [4.69, 9.17) is 5.10 Å². The fraction of sp³-hybridized carbons (Fsp3) is 0.333. The maximum atomic E-state index is 13.2. The van der Waals surface area contributed by atoms with Gasteiger partial charge in [0.15, 0.2) is 0 Å². The molecule has 1 aliphatic rings. The third-order valence-electron chi connectivity index (χ3n) is 8.17. The molecule has 10 nitrogen and oxygen atoms in total. The highest BCUT2D eigenvalue weighted by Crippen LogP contribution is 2.29. The van der Waals surface area contributed by atoms with Crippen molar-refractivity contribution in [1.29, 1.82) is 0 Å². The number of hydrogen-bond acceptors (Lipinski definition) is 7. The van der Waals surface area contributed by atoms with Crippen LogP contribution in [-0.4, -0.2) is 50.4 Å². The van der Waals surface area contributed by atoms with Gasteiger partial charge >= 0.3 is 6.03 Å². The number of rotatable bonds is 7. The Morgan fingerprint density at radius 1 is 0.911 bits per heavy atom. The molecule has 2 aromatic heterocycles. The second-order valence-corrected chi connectivity index (χ2v) is 15.1. The van der Waals surface area contributed by atoms with Crippen LogP contribution in [0.15, 0.2) is 77.7 Å². The first-order valence-electron chi connectivity index (χ1n) is 15.0. The molecule has 0 atom stereocenters. The minimum atomic E-state index is -3.58. The standard InChI is InChI=1S/C33H37N7O3S2/c1-22-5-11-26(12-6-22)40-31(21-30(36-40)33(2,3)4)35-32(41)34-25-9-7-23(8-10-25)19-24-15-17-39(18-16-24)45(42,43)27-13-14-28-29(20-27)38-44-37-28/h5-14,20-21,24H,15-19H2,1-4H3,(H2,34,35,41). The van der Waals surface area contributed by atoms with Crippen LogP contribution in [0, 0.1) is 12.8 Å². The number of sulfonamides is 1. The molecule has 2 amide bonds. The molecule has 1 aliphatic heterocycles. The number of piperidine rings is 1. The molecule has 1 saturated heterocycles. The molecule has 1 fully saturated rings. The molecule has 2 N–H and O–H groups in total. The summed E-state index contributed by atoms with van der Waals surface area (Å²) in [7, 11) is -3.58. The summed E-state index contributed by atoms with van der Waals surface area (Å²) < 4.78 is 38.2. The van der Waals surface area contributed by atoms with E-state index in [2.05, 4.69) is 40.2 Å². The monoisotopic (exact) mass is 643 g/mol. The molecule has 234 valence electrons. The number of aromatic nitrogens is 4. The third kappa shape index (κ3) is 6.92. The minimum Gasteiger partial charge on any atom is -0.308 e. The molecule has 3 heterocycles. The quantitative estimate of drug-likeness (QED) is 0.202. The number of fused-ring (bicyclic) bond motifs is 1. The van der Waals surface area contributed by atoms with Crippen LogP contribution in [0.5, 0.6) is 0 Å². The lowest BCUT2D eigenvalue weighted by atomic mass is 9.91. The smallest absolute Gasteiger partial charge is 0.308 e. The number of nitrogens with zero attached hydrogens (tertiary/aromatic N) is 5. The first-order valence-corrected chi connectivity index (χ1v) is 17.2. The molecular weight excluding hydrogens is 607 g/mol. The Bertz CT molecular complexity index is 1920. The van der Waals surface area contributed by atoms with Crippen molar-refractivity contribution in [2.75, 3.05) is 23.7 Å². The van der Waals surface area contributed by atoms with Gasteiger partial charge in [-0.25, -0.2) is 17.9 Å². The number of anilines is 2. The van der Waals surface area contributed by atoms with E-state index in [0.717, 1.165) is 53.5 Å². The van der Waals surface area contributed by atoms with Gasteiger partial charge in [-0.05, 0) is 80.1 Å². The second kappa shape index (κ2) is 12.3. The maximum Gasteiger partial charge on any atom is 0.324 e. The summed E-state index contributed by atoms with van der Waals surface area (Å²) in [4.78, 5) is 13.3. The summed E-state index contributed by atoms with van der Waals surface area (Å²) in [5.41, 5.74) is 5.86. The van der Waals surface area contributed by atoms with E-state index in [0.29, 0.717) is 41.5 Å². The fourth-order valence-electron chi connectivity index (χ4n) is 5.48. The summed E-state index contributed by atoms with van der Waals surface area (Å²) in [6.45, 7) is 9.27. The lowest BCUT2D eigenvalue weighted by Gasteiger charge is -2.31. The van der Waals surface area contributed by atoms with Crippen LogP contribution in [0.4, 0.5) is 16.3 Å². The number of carbonyl (C=O) groups is 1. The lowest BCUT2D eigenvalue weighted by Crippen LogP contribution is -2.38. The van der Waals surface area contributed by atoms with Crippen molar-refractivity contribution in [2.24, 2.45) is 5.92 Å². The topological polar surface area (TPSA) is 122 Å². The average molecular weight is 644 g/mol. The van der Waals surface area contributed by atoms with Crippen LogP contribution in [-0.2, 0) is 21.9 Å². The number of carbonyl (C=O) groups excluding carboxylic acids is 1. The van der Waals surface area contributed by atoms with Crippen molar-refractivity contribution in [3.63, 3.8) is 0 Å². The predicted octanol–water partition coefficient (Wildman–Crippen LogP) is 6.77. The lowest BCUT2D eigenvalue weighted by molar-refractivity contribution is 0.262. The van der Waals surface area contributed by atoms with Gasteiger partial charge in [-0.1, -0.05) is 50.6 Å². The van der Waals surface area contributed by atoms with Crippen LogP contribution < -0.4 is 10.6 Å². The average Bonchev–Trinajstić information content (AvgIpc) is 3.66. The van der Waals surface area contributed by atoms with Crippen molar-refractivity contribution < 1.29 is 13.2 Å². The number of aryl methyl sites for hydroxylation is 1. The summed E-state index contributed by atoms with van der Waals surface area (Å²) in [5, 5.41) is 10.7. The molecule has 45 heavy (non-hydrogen) atoms. The predicted molar refractivity (Wildman–Crippen MR) is 179 cm³/mol. The molecule has 5 aromatic rings. The number of hydrogen-bond donors (Lipinski definition) is 2. The Kier molecular flexibility index (Phi) is 8.47. The Morgan fingerprint density at radius 3 is 2.29 bits per heavy atom. The SMILES string of the molecule is Cc1ccc(-n2nc(C(C)(C)C)cc2NC(=O)Nc2ccc(CC3CCN(S(=O)(=O)c4ccc5nsnc5c4)CC3)cc2)cc1. The molecule has 3 aromatic carbocycles. The molecule has 0 aliphatic carbocycles. The Labute approximate surface area is 267 Å². The molecule has 0 saturated carbocycles. The molecule has 0 spiro atoms. The molecule has 12 heteroatoms. The zero-order valence-corrected chi connectivity index (χ0v) is 27.5. The maximum absolute atomic E-state index is 13.2. The van der Waals surface area contributed by atoms with E-state index in [1.807, 2.05) is 61.5 Å². The van der Waals surface area contributed by atoms with Crippen molar-refractivity contribution >= 4 is 50.3 Å². The van der Waals surface area contributed by atoms with E-state index >= 15 is 0 Å². The highest BCUT2D eigenvalue weighted by atomic mass is 32.2. The number of nitrogens with one attached hydrogen (secondary N) is 2. The first-order chi connectivity index (χ1) is 21.5. The first kappa shape index (κ1) is 30.9. The molecule has 6 rings (SSSR count). The Balaban J connectivity index is 1.04. The van der Waals surface area contributed by atoms with Gasteiger partial charge in [-0.3, -0.25) is 5.32 Å². The van der Waals surface area contributed by atoms with E-state index in [1.54, 1.807) is 27.2 Å². The normalized spacial score (nSPS) is 14.9. The Morgan fingerprint density at radius 2 is 1.60 bits per heavy atom. The van der Waals surface area contributed by atoms with E-state index < -0.39 is 10.0 Å². The molecule has 0 unspecified atom stereocenters. The van der Waals surface area contributed by atoms with Gasteiger partial charge in [-0.2, -0.15) is 18.2 Å². The van der Waals surface area contributed by atoms with Gasteiger partial charge in [0.05, 0.1) is 28.0 Å². The number of benzene rings is 3. The summed E-state index contributed by atoms with van der Waals surface area (Å²) in [5.74, 6) is 0.967. The van der Waals surface area contributed by atoms with E-state index in [9.17, 15) is 13.2 Å². The largest absolute Gasteiger partial charge is 0.324 e. The van der Waals surface area contributed by atoms with Crippen LogP contribution >= 0.6 is 11.7 Å². The van der Waals surface area contributed by atoms with Crippen LogP contribution in [0.3, 0.4) is 0 Å². The van der Waals surface area contributed by atoms with E-state index in [1.165, 1.54) is 0 Å². The summed E-state index contributed by atoms with van der Waals surface area (Å²) in [6, 6.07) is 22.3. The van der Waals surface area contributed by atoms with Gasteiger partial charge < -0.3 is 5.32 Å². The van der Waals surface area contributed by atoms with Crippen LogP contribution in [0.2, 0.25) is 0 Å². The van der Waals surface area contributed by atoms with Gasteiger partial charge in [0.25, 0.3) is 0 Å². The number of urea groups is 1. The van der Waals surface area contributed by atoms with Crippen LogP contribution in [0.1, 0.15) is 50.4 Å². The molecular formula is C33H37N7O3S2. The fourth-order valence-corrected chi connectivity index (χ4v) is 7.49. The second-order valence-electron chi connectivity index (χ2n) is 12.7. The Hall–Kier alpha value is -4.13. The van der Waals surface area contributed by atoms with Gasteiger partial charge in [0.1, 0.15) is 16.9 Å². The van der Waals surface area contributed by atoms with Crippen molar-refractivity contribution in [3.8, 4) is 5.69 Å². The van der Waals surface area contributed by atoms with Crippen LogP contribution in [0.25, 0.3) is 16.7 Å². The van der Waals surface area contributed by atoms with Crippen molar-refractivity contribution in [3.05, 3.63) is 89.6 Å². The van der Waals surface area contributed by atoms with Crippen molar-refractivity contribution in [1.82, 2.24) is 22.8 Å². The van der Waals surface area contributed by atoms with E-state index in [-0.39, 0.29) is 16.3 Å². The summed E-state index contributed by atoms with van der Waals surface area (Å²) >= 11 is 1.08. The van der Waals surface area contributed by atoms with Gasteiger partial charge in [0, 0.05) is 30.3 Å². The third-order valence-corrected chi connectivity index (χ3v) is 10.6. The minimum absolute atomic E-state index is 0.182. The summed E-state index contributed by atoms with van der Waals surface area (Å²) in [6.07, 6.45) is 2.42.